The summed E-state index contributed by atoms with van der Waals surface area (Å²) >= 11 is 0. The predicted octanol–water partition coefficient (Wildman–Crippen LogP) is 6.35. The van der Waals surface area contributed by atoms with Crippen LogP contribution in [0.3, 0.4) is 0 Å². The van der Waals surface area contributed by atoms with Gasteiger partial charge in [-0.2, -0.15) is 5.10 Å². The van der Waals surface area contributed by atoms with Crippen LogP contribution in [0.5, 0.6) is 0 Å². The summed E-state index contributed by atoms with van der Waals surface area (Å²) in [5, 5.41) is 8.57. The average Bonchev–Trinajstić information content (AvgIpc) is 3.56. The molecule has 0 spiro atoms. The standard InChI is InChI=1S/C27H16FN4O.Ir/c28-23-15-14-22(24-26(23)33-17-29-24)27-31-30-16-32(27)25-20(18-8-3-1-4-9-18)12-7-13-21(25)19-10-5-2-6-11-19;/h1-13,15-17H;/q-1;. The van der Waals surface area contributed by atoms with Crippen molar-refractivity contribution in [2.24, 2.45) is 0 Å². The smallest absolute Gasteiger partial charge is 0.170 e. The van der Waals surface area contributed by atoms with Crippen molar-refractivity contribution in [2.45, 2.75) is 0 Å². The molecule has 0 aliphatic carbocycles. The number of oxazole rings is 1. The van der Waals surface area contributed by atoms with Crippen LogP contribution in [0.1, 0.15) is 0 Å². The molecule has 0 aliphatic heterocycles. The van der Waals surface area contributed by atoms with Crippen molar-refractivity contribution in [3.8, 4) is 39.3 Å². The van der Waals surface area contributed by atoms with Gasteiger partial charge in [-0.1, -0.05) is 84.4 Å². The second-order valence-corrected chi connectivity index (χ2v) is 7.50. The van der Waals surface area contributed by atoms with Crippen LogP contribution < -0.4 is 0 Å². The monoisotopic (exact) mass is 624 g/mol. The summed E-state index contributed by atoms with van der Waals surface area (Å²) in [5.74, 6) is -0.0264. The normalized spacial score (nSPS) is 10.9. The molecular weight excluding hydrogens is 608 g/mol. The molecule has 6 aromatic rings. The molecule has 4 aromatic carbocycles. The molecule has 0 fully saturated rings. The van der Waals surface area contributed by atoms with E-state index in [0.29, 0.717) is 16.9 Å². The van der Waals surface area contributed by atoms with Crippen molar-refractivity contribution in [2.75, 3.05) is 0 Å². The van der Waals surface area contributed by atoms with Gasteiger partial charge in [0.25, 0.3) is 0 Å². The molecule has 0 saturated carbocycles. The zero-order valence-electron chi connectivity index (χ0n) is 17.6. The molecule has 0 aliphatic rings. The third-order valence-electron chi connectivity index (χ3n) is 5.58. The minimum Gasteiger partial charge on any atom is -0.461 e. The van der Waals surface area contributed by atoms with E-state index in [-0.39, 0.29) is 25.7 Å². The zero-order chi connectivity index (χ0) is 22.2. The van der Waals surface area contributed by atoms with E-state index in [1.54, 1.807) is 6.33 Å². The molecule has 1 radical (unpaired) electrons. The Morgan fingerprint density at radius 3 is 2.12 bits per heavy atom. The Kier molecular flexibility index (Phi) is 5.88. The van der Waals surface area contributed by atoms with Gasteiger partial charge in [0, 0.05) is 36.7 Å². The molecule has 2 heterocycles. The quantitative estimate of drug-likeness (QED) is 0.215. The third-order valence-corrected chi connectivity index (χ3v) is 5.58. The molecular formula is C27H16FIrN4O-. The van der Waals surface area contributed by atoms with E-state index in [1.807, 2.05) is 47.0 Å². The van der Waals surface area contributed by atoms with Crippen LogP contribution in [0.4, 0.5) is 4.39 Å². The number of aromatic nitrogens is 4. The van der Waals surface area contributed by atoms with Crippen LogP contribution in [-0.2, 0) is 20.1 Å². The first-order valence-corrected chi connectivity index (χ1v) is 10.4. The maximum Gasteiger partial charge on any atom is 0.170 e. The Morgan fingerprint density at radius 2 is 1.47 bits per heavy atom. The van der Waals surface area contributed by atoms with Gasteiger partial charge < -0.3 is 8.98 Å². The fraction of sp³-hybridized carbons (Fsp3) is 0. The van der Waals surface area contributed by atoms with Crippen LogP contribution in [-0.4, -0.2) is 19.7 Å². The average molecular weight is 624 g/mol. The first-order valence-electron chi connectivity index (χ1n) is 10.4. The number of rotatable bonds is 4. The van der Waals surface area contributed by atoms with E-state index in [0.717, 1.165) is 27.9 Å². The Bertz CT molecular complexity index is 1520. The molecule has 0 bridgehead atoms. The third kappa shape index (κ3) is 3.65. The minimum atomic E-state index is -0.521. The van der Waals surface area contributed by atoms with Gasteiger partial charge in [0.1, 0.15) is 11.9 Å². The van der Waals surface area contributed by atoms with Crippen LogP contribution in [0.2, 0.25) is 0 Å². The van der Waals surface area contributed by atoms with Crippen molar-refractivity contribution in [3.05, 3.63) is 110 Å². The number of benzene rings is 4. The summed E-state index contributed by atoms with van der Waals surface area (Å²) < 4.78 is 21.4. The van der Waals surface area contributed by atoms with Gasteiger partial charge in [0.15, 0.2) is 6.39 Å². The number of para-hydroxylation sites is 1. The molecule has 2 aromatic heterocycles. The van der Waals surface area contributed by atoms with Crippen molar-refractivity contribution >= 4 is 11.1 Å². The largest absolute Gasteiger partial charge is 0.461 e. The number of halogens is 1. The van der Waals surface area contributed by atoms with E-state index < -0.39 is 5.82 Å². The van der Waals surface area contributed by atoms with Gasteiger partial charge in [0.05, 0.1) is 17.3 Å². The van der Waals surface area contributed by atoms with Crippen molar-refractivity contribution in [1.82, 2.24) is 19.7 Å². The molecule has 0 saturated heterocycles. The second kappa shape index (κ2) is 9.14. The molecule has 34 heavy (non-hydrogen) atoms. The summed E-state index contributed by atoms with van der Waals surface area (Å²) in [6.07, 6.45) is 2.88. The van der Waals surface area contributed by atoms with E-state index in [1.165, 1.54) is 12.5 Å². The van der Waals surface area contributed by atoms with E-state index in [9.17, 15) is 4.39 Å². The topological polar surface area (TPSA) is 56.7 Å². The summed E-state index contributed by atoms with van der Waals surface area (Å²) in [4.78, 5) is 4.21. The SMILES string of the molecule is Fc1c[c-]c(-c2nncn2-c2c(-c3ccccc3)cccc2-c2ccccc2)c2ncoc12.[Ir]. The Hall–Kier alpha value is -3.93. The van der Waals surface area contributed by atoms with Crippen molar-refractivity contribution in [3.63, 3.8) is 0 Å². The van der Waals surface area contributed by atoms with Gasteiger partial charge in [-0.3, -0.25) is 9.37 Å². The molecule has 0 N–H and O–H groups in total. The summed E-state index contributed by atoms with van der Waals surface area (Å²) in [6, 6.07) is 30.7. The first-order chi connectivity index (χ1) is 16.3. The second-order valence-electron chi connectivity index (χ2n) is 7.50. The van der Waals surface area contributed by atoms with E-state index in [4.69, 9.17) is 4.42 Å². The Labute approximate surface area is 208 Å². The molecule has 0 unspecified atom stereocenters. The Balaban J connectivity index is 0.00000241. The van der Waals surface area contributed by atoms with Crippen LogP contribution in [0.15, 0.2) is 102 Å². The van der Waals surface area contributed by atoms with E-state index >= 15 is 0 Å². The van der Waals surface area contributed by atoms with Gasteiger partial charge >= 0.3 is 0 Å². The number of fused-ring (bicyclic) bond motifs is 1. The van der Waals surface area contributed by atoms with Crippen LogP contribution in [0, 0.1) is 11.9 Å². The molecule has 167 valence electrons. The molecule has 7 heteroatoms. The molecule has 6 rings (SSSR count). The molecule has 5 nitrogen and oxygen atoms in total. The number of nitrogens with zero attached hydrogens (tertiary/aromatic N) is 4. The summed E-state index contributed by atoms with van der Waals surface area (Å²) in [5.41, 5.74) is 5.97. The minimum absolute atomic E-state index is 0. The van der Waals surface area contributed by atoms with Crippen molar-refractivity contribution in [1.29, 1.82) is 0 Å². The van der Waals surface area contributed by atoms with Gasteiger partial charge in [-0.15, -0.1) is 17.2 Å². The molecule has 0 atom stereocenters. The van der Waals surface area contributed by atoms with Crippen LogP contribution in [0.25, 0.3) is 50.4 Å². The predicted molar refractivity (Wildman–Crippen MR) is 124 cm³/mol. The zero-order valence-corrected chi connectivity index (χ0v) is 20.0. The first kappa shape index (κ1) is 21.9. The fourth-order valence-corrected chi connectivity index (χ4v) is 4.11. The Morgan fingerprint density at radius 1 is 0.824 bits per heavy atom. The van der Waals surface area contributed by atoms with E-state index in [2.05, 4.69) is 57.6 Å². The van der Waals surface area contributed by atoms with Gasteiger partial charge in [-0.05, 0) is 11.1 Å². The fourth-order valence-electron chi connectivity index (χ4n) is 4.11. The number of hydrogen-bond donors (Lipinski definition) is 0. The van der Waals surface area contributed by atoms with Crippen LogP contribution >= 0.6 is 0 Å². The van der Waals surface area contributed by atoms with Gasteiger partial charge in [-0.25, -0.2) is 0 Å². The maximum absolute atomic E-state index is 14.2. The van der Waals surface area contributed by atoms with Gasteiger partial charge in [0.2, 0.25) is 0 Å². The molecule has 0 amide bonds. The number of hydrogen-bond acceptors (Lipinski definition) is 4. The summed E-state index contributed by atoms with van der Waals surface area (Å²) in [7, 11) is 0. The summed E-state index contributed by atoms with van der Waals surface area (Å²) in [6.45, 7) is 0. The van der Waals surface area contributed by atoms with Crippen molar-refractivity contribution < 1.29 is 28.9 Å². The maximum atomic E-state index is 14.2.